The number of likely N-dealkylation sites (N-methyl/N-ethyl adjacent to an activating group) is 1. The number of carbonyl (C=O) groups excluding carboxylic acids is 2. The lowest BCUT2D eigenvalue weighted by Gasteiger charge is -2.26. The Balaban J connectivity index is 1.67. The van der Waals surface area contributed by atoms with E-state index in [4.69, 9.17) is 9.26 Å². The molecule has 0 atom stereocenters. The topological polar surface area (TPSA) is 79.1 Å². The number of ether oxygens (including phenoxy) is 1. The second-order valence-corrected chi connectivity index (χ2v) is 8.74. The third kappa shape index (κ3) is 6.32. The van der Waals surface area contributed by atoms with Crippen molar-refractivity contribution in [2.24, 2.45) is 5.92 Å². The minimum Gasteiger partial charge on any atom is -0.497 e. The van der Waals surface area contributed by atoms with Crippen LogP contribution in [-0.2, 0) is 4.79 Å². The van der Waals surface area contributed by atoms with Crippen LogP contribution in [0.5, 0.6) is 5.75 Å². The van der Waals surface area contributed by atoms with Crippen LogP contribution in [0.25, 0.3) is 11.3 Å². The van der Waals surface area contributed by atoms with E-state index in [-0.39, 0.29) is 23.4 Å². The van der Waals surface area contributed by atoms with Crippen molar-refractivity contribution in [3.05, 3.63) is 36.0 Å². The van der Waals surface area contributed by atoms with Gasteiger partial charge >= 0.3 is 0 Å². The highest BCUT2D eigenvalue weighted by Crippen LogP contribution is 2.25. The maximum atomic E-state index is 13.2. The molecule has 0 saturated carbocycles. The van der Waals surface area contributed by atoms with Gasteiger partial charge in [-0.25, -0.2) is 0 Å². The normalized spacial score (nSPS) is 15.0. The van der Waals surface area contributed by atoms with Gasteiger partial charge in [0.25, 0.3) is 5.91 Å². The van der Waals surface area contributed by atoms with E-state index < -0.39 is 0 Å². The Morgan fingerprint density at radius 1 is 1.19 bits per heavy atom. The number of aromatic nitrogens is 1. The molecule has 8 heteroatoms. The Labute approximate surface area is 190 Å². The number of rotatable bonds is 8. The lowest BCUT2D eigenvalue weighted by molar-refractivity contribution is -0.131. The van der Waals surface area contributed by atoms with Gasteiger partial charge in [-0.15, -0.1) is 0 Å². The zero-order chi connectivity index (χ0) is 23.1. The molecule has 1 fully saturated rings. The van der Waals surface area contributed by atoms with Gasteiger partial charge in [0.1, 0.15) is 5.75 Å². The third-order valence-corrected chi connectivity index (χ3v) is 5.62. The highest BCUT2D eigenvalue weighted by molar-refractivity contribution is 5.93. The molecule has 1 saturated heterocycles. The maximum Gasteiger partial charge on any atom is 0.276 e. The molecule has 0 N–H and O–H groups in total. The van der Waals surface area contributed by atoms with Crippen LogP contribution in [0.4, 0.5) is 0 Å². The Kier molecular flexibility index (Phi) is 8.27. The van der Waals surface area contributed by atoms with Crippen LogP contribution in [-0.4, -0.2) is 85.1 Å². The summed E-state index contributed by atoms with van der Waals surface area (Å²) in [6.45, 7) is 8.42. The first kappa shape index (κ1) is 23.8. The molecule has 32 heavy (non-hydrogen) atoms. The van der Waals surface area contributed by atoms with E-state index in [0.717, 1.165) is 38.2 Å². The lowest BCUT2D eigenvalue weighted by Crippen LogP contribution is -2.40. The summed E-state index contributed by atoms with van der Waals surface area (Å²) in [4.78, 5) is 31.8. The monoisotopic (exact) mass is 442 g/mol. The molecule has 1 aliphatic heterocycles. The van der Waals surface area contributed by atoms with E-state index in [1.54, 1.807) is 18.1 Å². The minimum absolute atomic E-state index is 0.0964. The first-order chi connectivity index (χ1) is 15.4. The molecule has 0 bridgehead atoms. The van der Waals surface area contributed by atoms with Gasteiger partial charge in [0.05, 0.1) is 7.11 Å². The molecule has 0 spiro atoms. The summed E-state index contributed by atoms with van der Waals surface area (Å²) in [5.74, 6) is 1.35. The molecule has 8 nitrogen and oxygen atoms in total. The Bertz CT molecular complexity index is 911. The predicted molar refractivity (Wildman–Crippen MR) is 123 cm³/mol. The fourth-order valence-corrected chi connectivity index (χ4v) is 3.85. The van der Waals surface area contributed by atoms with Gasteiger partial charge in [-0.3, -0.25) is 9.59 Å². The number of hydrogen-bond acceptors (Lipinski definition) is 6. The van der Waals surface area contributed by atoms with Crippen LogP contribution >= 0.6 is 0 Å². The molecule has 2 heterocycles. The molecule has 0 aliphatic carbocycles. The summed E-state index contributed by atoms with van der Waals surface area (Å²) in [6, 6.07) is 9.06. The molecular weight excluding hydrogens is 408 g/mol. The maximum absolute atomic E-state index is 13.2. The van der Waals surface area contributed by atoms with Crippen LogP contribution in [0, 0.1) is 5.92 Å². The Hall–Kier alpha value is -2.87. The van der Waals surface area contributed by atoms with Gasteiger partial charge in [0, 0.05) is 50.8 Å². The van der Waals surface area contributed by atoms with E-state index in [1.807, 2.05) is 29.2 Å². The van der Waals surface area contributed by atoms with Gasteiger partial charge < -0.3 is 24.0 Å². The molecule has 1 aromatic heterocycles. The molecule has 1 aliphatic rings. The number of methoxy groups -OCH3 is 1. The number of carbonyl (C=O) groups is 2. The second kappa shape index (κ2) is 11.1. The van der Waals surface area contributed by atoms with E-state index in [1.165, 1.54) is 0 Å². The Morgan fingerprint density at radius 3 is 2.75 bits per heavy atom. The zero-order valence-corrected chi connectivity index (χ0v) is 19.5. The summed E-state index contributed by atoms with van der Waals surface area (Å²) in [5.41, 5.74) is 1.03. The van der Waals surface area contributed by atoms with Crippen molar-refractivity contribution in [2.75, 3.05) is 53.4 Å². The van der Waals surface area contributed by atoms with Crippen molar-refractivity contribution in [1.82, 2.24) is 19.9 Å². The molecular formula is C24H34N4O4. The SMILES string of the molecule is COc1cccc(-c2cc(C(=O)N(CCC(=O)N3CCCN(C)CC3)CC(C)C)no2)c1. The average molecular weight is 443 g/mol. The van der Waals surface area contributed by atoms with Gasteiger partial charge in [-0.1, -0.05) is 31.1 Å². The van der Waals surface area contributed by atoms with Crippen molar-refractivity contribution >= 4 is 11.8 Å². The average Bonchev–Trinajstić information content (AvgIpc) is 3.18. The summed E-state index contributed by atoms with van der Waals surface area (Å²) >= 11 is 0. The number of benzene rings is 1. The van der Waals surface area contributed by atoms with Crippen LogP contribution in [0.3, 0.4) is 0 Å². The van der Waals surface area contributed by atoms with Crippen molar-refractivity contribution in [3.8, 4) is 17.1 Å². The summed E-state index contributed by atoms with van der Waals surface area (Å²) in [5, 5.41) is 4.01. The summed E-state index contributed by atoms with van der Waals surface area (Å²) in [6.07, 6.45) is 1.28. The van der Waals surface area contributed by atoms with E-state index >= 15 is 0 Å². The first-order valence-electron chi connectivity index (χ1n) is 11.2. The van der Waals surface area contributed by atoms with Crippen molar-refractivity contribution in [2.45, 2.75) is 26.7 Å². The number of nitrogens with zero attached hydrogens (tertiary/aromatic N) is 4. The quantitative estimate of drug-likeness (QED) is 0.625. The molecule has 174 valence electrons. The molecule has 3 rings (SSSR count). The number of hydrogen-bond donors (Lipinski definition) is 0. The summed E-state index contributed by atoms with van der Waals surface area (Å²) < 4.78 is 10.7. The smallest absolute Gasteiger partial charge is 0.276 e. The highest BCUT2D eigenvalue weighted by Gasteiger charge is 2.24. The standard InChI is InChI=1S/C24H34N4O4/c1-18(2)17-28(12-9-23(29)27-11-6-10-26(3)13-14-27)24(30)21-16-22(32-25-21)19-7-5-8-20(15-19)31-4/h5,7-8,15-16,18H,6,9-14,17H2,1-4H3. The molecule has 0 radical (unpaired) electrons. The first-order valence-corrected chi connectivity index (χ1v) is 11.2. The lowest BCUT2D eigenvalue weighted by atomic mass is 10.1. The Morgan fingerprint density at radius 2 is 2.00 bits per heavy atom. The molecule has 2 amide bonds. The third-order valence-electron chi connectivity index (χ3n) is 5.62. The zero-order valence-electron chi connectivity index (χ0n) is 19.5. The van der Waals surface area contributed by atoms with E-state index in [0.29, 0.717) is 31.0 Å². The highest BCUT2D eigenvalue weighted by atomic mass is 16.5. The van der Waals surface area contributed by atoms with Gasteiger partial charge in [-0.2, -0.15) is 0 Å². The van der Waals surface area contributed by atoms with Gasteiger partial charge in [0.15, 0.2) is 11.5 Å². The molecule has 0 unspecified atom stereocenters. The fourth-order valence-electron chi connectivity index (χ4n) is 3.85. The van der Waals surface area contributed by atoms with Crippen LogP contribution in [0.1, 0.15) is 37.2 Å². The molecule has 2 aromatic rings. The van der Waals surface area contributed by atoms with Gasteiger partial charge in [-0.05, 0) is 38.1 Å². The molecule has 1 aromatic carbocycles. The fraction of sp³-hybridized carbons (Fsp3) is 0.542. The summed E-state index contributed by atoms with van der Waals surface area (Å²) in [7, 11) is 3.68. The van der Waals surface area contributed by atoms with Crippen LogP contribution in [0.2, 0.25) is 0 Å². The van der Waals surface area contributed by atoms with Gasteiger partial charge in [0.2, 0.25) is 5.91 Å². The predicted octanol–water partition coefficient (Wildman–Crippen LogP) is 3.00. The van der Waals surface area contributed by atoms with E-state index in [9.17, 15) is 9.59 Å². The van der Waals surface area contributed by atoms with Crippen molar-refractivity contribution in [3.63, 3.8) is 0 Å². The minimum atomic E-state index is -0.222. The van der Waals surface area contributed by atoms with Crippen LogP contribution in [0.15, 0.2) is 34.9 Å². The van der Waals surface area contributed by atoms with Crippen LogP contribution < -0.4 is 4.74 Å². The largest absolute Gasteiger partial charge is 0.497 e. The second-order valence-electron chi connectivity index (χ2n) is 8.74. The van der Waals surface area contributed by atoms with Crippen molar-refractivity contribution < 1.29 is 18.8 Å². The van der Waals surface area contributed by atoms with E-state index in [2.05, 4.69) is 31.0 Å². The number of amides is 2. The van der Waals surface area contributed by atoms with Crippen molar-refractivity contribution in [1.29, 1.82) is 0 Å².